The minimum atomic E-state index is -1.07. The number of ether oxygens (including phenoxy) is 1. The van der Waals surface area contributed by atoms with Crippen LogP contribution < -0.4 is 26.0 Å². The number of nitrogens with one attached hydrogen (secondary N) is 4. The van der Waals surface area contributed by atoms with E-state index >= 15 is 0 Å². The minimum Gasteiger partial charge on any atom is -0.492 e. The van der Waals surface area contributed by atoms with Crippen LogP contribution in [0.3, 0.4) is 0 Å². The summed E-state index contributed by atoms with van der Waals surface area (Å²) in [6.07, 6.45) is 7.32. The Morgan fingerprint density at radius 2 is 1.78 bits per heavy atom. The summed E-state index contributed by atoms with van der Waals surface area (Å²) in [5, 5.41) is 12.9. The number of para-hydroxylation sites is 1. The summed E-state index contributed by atoms with van der Waals surface area (Å²) in [4.78, 5) is 40.9. The number of carbonyl (C=O) groups excluding carboxylic acids is 3. The van der Waals surface area contributed by atoms with Gasteiger partial charge in [-0.3, -0.25) is 14.4 Å². The van der Waals surface area contributed by atoms with Crippen molar-refractivity contribution in [1.82, 2.24) is 21.3 Å². The lowest BCUT2D eigenvalue weighted by molar-refractivity contribution is -0.136. The number of fused-ring (bicyclic) bond motifs is 1. The predicted molar refractivity (Wildman–Crippen MR) is 162 cm³/mol. The second kappa shape index (κ2) is 14.5. The van der Waals surface area contributed by atoms with Crippen molar-refractivity contribution >= 4 is 35.4 Å². The summed E-state index contributed by atoms with van der Waals surface area (Å²) in [6, 6.07) is 13.6. The van der Waals surface area contributed by atoms with E-state index < -0.39 is 17.6 Å². The fourth-order valence-electron chi connectivity index (χ4n) is 5.48. The Hall–Kier alpha value is -3.36. The van der Waals surface area contributed by atoms with Crippen molar-refractivity contribution in [2.75, 3.05) is 19.7 Å². The van der Waals surface area contributed by atoms with E-state index in [0.29, 0.717) is 37.4 Å². The van der Waals surface area contributed by atoms with Crippen LogP contribution >= 0.6 is 11.6 Å². The first kappa shape index (κ1) is 30.6. The molecule has 0 aromatic heterocycles. The molecule has 0 saturated heterocycles. The van der Waals surface area contributed by atoms with Crippen LogP contribution in [0.5, 0.6) is 5.75 Å². The molecule has 3 amide bonds. The van der Waals surface area contributed by atoms with Crippen molar-refractivity contribution in [2.24, 2.45) is 5.92 Å². The SMILES string of the molecule is CC(C)C[C@@H]1NCCOc2ccccc2/C=C\CNC(=O)[C@H](Cc2cccc(Cl)c2)NC(=O)C2(CCCC2)NC1=O. The van der Waals surface area contributed by atoms with E-state index in [9.17, 15) is 14.4 Å². The van der Waals surface area contributed by atoms with E-state index in [1.165, 1.54) is 0 Å². The smallest absolute Gasteiger partial charge is 0.246 e. The maximum atomic E-state index is 13.9. The zero-order chi connectivity index (χ0) is 29.2. The third-order valence-corrected chi connectivity index (χ3v) is 7.82. The van der Waals surface area contributed by atoms with Crippen molar-refractivity contribution in [3.8, 4) is 5.75 Å². The molecule has 1 saturated carbocycles. The summed E-state index contributed by atoms with van der Waals surface area (Å²) in [5.74, 6) is 0.132. The van der Waals surface area contributed by atoms with Crippen LogP contribution in [0.1, 0.15) is 57.1 Å². The quantitative estimate of drug-likeness (QED) is 0.437. The highest BCUT2D eigenvalue weighted by atomic mass is 35.5. The Kier molecular flexibility index (Phi) is 10.8. The predicted octanol–water partition coefficient (Wildman–Crippen LogP) is 4.02. The second-order valence-corrected chi connectivity index (χ2v) is 11.7. The van der Waals surface area contributed by atoms with Crippen molar-refractivity contribution in [3.05, 3.63) is 70.8 Å². The van der Waals surface area contributed by atoms with Gasteiger partial charge in [-0.1, -0.05) is 80.8 Å². The second-order valence-electron chi connectivity index (χ2n) is 11.3. The molecule has 2 aromatic carbocycles. The summed E-state index contributed by atoms with van der Waals surface area (Å²) < 4.78 is 6.04. The highest BCUT2D eigenvalue weighted by molar-refractivity contribution is 6.30. The van der Waals surface area contributed by atoms with Gasteiger partial charge in [-0.15, -0.1) is 0 Å². The van der Waals surface area contributed by atoms with Crippen molar-refractivity contribution in [1.29, 1.82) is 0 Å². The first-order valence-corrected chi connectivity index (χ1v) is 14.9. The number of halogens is 1. The molecule has 0 bridgehead atoms. The Morgan fingerprint density at radius 3 is 2.54 bits per heavy atom. The largest absolute Gasteiger partial charge is 0.492 e. The number of hydrogen-bond acceptors (Lipinski definition) is 5. The highest BCUT2D eigenvalue weighted by Gasteiger charge is 2.44. The molecular formula is C32H41ClN4O4. The molecule has 4 N–H and O–H groups in total. The number of hydrogen-bond donors (Lipinski definition) is 4. The monoisotopic (exact) mass is 580 g/mol. The summed E-state index contributed by atoms with van der Waals surface area (Å²) >= 11 is 6.21. The van der Waals surface area contributed by atoms with Gasteiger partial charge in [-0.05, 0) is 48.9 Å². The molecule has 1 spiro atoms. The fourth-order valence-corrected chi connectivity index (χ4v) is 5.70. The van der Waals surface area contributed by atoms with E-state index in [1.807, 2.05) is 48.6 Å². The zero-order valence-corrected chi connectivity index (χ0v) is 24.6. The van der Waals surface area contributed by atoms with Crippen molar-refractivity contribution in [2.45, 2.75) is 70.0 Å². The topological polar surface area (TPSA) is 109 Å². The number of rotatable bonds is 4. The lowest BCUT2D eigenvalue weighted by Gasteiger charge is -2.33. The van der Waals surface area contributed by atoms with Gasteiger partial charge in [0.15, 0.2) is 0 Å². The molecule has 0 radical (unpaired) electrons. The Morgan fingerprint density at radius 1 is 1.00 bits per heavy atom. The van der Waals surface area contributed by atoms with Gasteiger partial charge < -0.3 is 26.0 Å². The van der Waals surface area contributed by atoms with Crippen LogP contribution in [0.25, 0.3) is 6.08 Å². The number of carbonyl (C=O) groups is 3. The van der Waals surface area contributed by atoms with E-state index in [2.05, 4.69) is 35.1 Å². The van der Waals surface area contributed by atoms with Gasteiger partial charge in [0.05, 0.1) is 6.04 Å². The fraction of sp³-hybridized carbons (Fsp3) is 0.469. The van der Waals surface area contributed by atoms with Crippen LogP contribution in [-0.4, -0.2) is 55.0 Å². The maximum Gasteiger partial charge on any atom is 0.246 e. The van der Waals surface area contributed by atoms with E-state index in [4.69, 9.17) is 16.3 Å². The van der Waals surface area contributed by atoms with Gasteiger partial charge in [-0.2, -0.15) is 0 Å². The molecule has 4 rings (SSSR count). The van der Waals surface area contributed by atoms with E-state index in [0.717, 1.165) is 29.7 Å². The molecule has 9 heteroatoms. The molecule has 220 valence electrons. The van der Waals surface area contributed by atoms with Crippen LogP contribution in [0.15, 0.2) is 54.6 Å². The molecule has 1 fully saturated rings. The first-order valence-electron chi connectivity index (χ1n) is 14.5. The lowest BCUT2D eigenvalue weighted by atomic mass is 9.93. The van der Waals surface area contributed by atoms with Gasteiger partial charge in [0.1, 0.15) is 23.9 Å². The van der Waals surface area contributed by atoms with Gasteiger partial charge in [-0.25, -0.2) is 0 Å². The van der Waals surface area contributed by atoms with E-state index in [1.54, 1.807) is 12.1 Å². The van der Waals surface area contributed by atoms with Crippen LogP contribution in [0.2, 0.25) is 5.02 Å². The Bertz CT molecular complexity index is 1240. The van der Waals surface area contributed by atoms with E-state index in [-0.39, 0.29) is 36.6 Å². The standard InChI is InChI=1S/C32H41ClN4O4/c1-22(2)19-26-30(39)37-32(14-5-6-15-32)31(40)36-27(21-23-9-7-12-25(33)20-23)29(38)35-16-8-11-24-10-3-4-13-28(24)41-18-17-34-26/h3-4,7-13,20,22,26-27,34H,5-6,14-19,21H2,1-2H3,(H,35,38)(H,36,40)(H,37,39)/b11-8-/t26-,27-/m0/s1. The molecule has 8 nitrogen and oxygen atoms in total. The number of benzene rings is 2. The van der Waals surface area contributed by atoms with Gasteiger partial charge in [0, 0.05) is 30.1 Å². The Balaban J connectivity index is 1.63. The molecule has 41 heavy (non-hydrogen) atoms. The van der Waals surface area contributed by atoms with Crippen LogP contribution in [-0.2, 0) is 20.8 Å². The summed E-state index contributed by atoms with van der Waals surface area (Å²) in [6.45, 7) is 5.25. The molecule has 1 aliphatic carbocycles. The lowest BCUT2D eigenvalue weighted by Crippen LogP contribution is -2.63. The van der Waals surface area contributed by atoms with Crippen LogP contribution in [0, 0.1) is 5.92 Å². The number of amides is 3. The molecular weight excluding hydrogens is 540 g/mol. The molecule has 1 aliphatic heterocycles. The van der Waals surface area contributed by atoms with Gasteiger partial charge in [0.25, 0.3) is 0 Å². The third kappa shape index (κ3) is 8.57. The normalized spacial score (nSPS) is 23.0. The average Bonchev–Trinajstić information content (AvgIpc) is 3.42. The van der Waals surface area contributed by atoms with Gasteiger partial charge in [0.2, 0.25) is 17.7 Å². The minimum absolute atomic E-state index is 0.212. The molecule has 0 unspecified atom stereocenters. The van der Waals surface area contributed by atoms with Crippen LogP contribution in [0.4, 0.5) is 0 Å². The first-order chi connectivity index (χ1) is 19.8. The van der Waals surface area contributed by atoms with Crippen molar-refractivity contribution < 1.29 is 19.1 Å². The van der Waals surface area contributed by atoms with Crippen molar-refractivity contribution in [3.63, 3.8) is 0 Å². The molecule has 2 aromatic rings. The third-order valence-electron chi connectivity index (χ3n) is 7.59. The maximum absolute atomic E-state index is 13.9. The molecule has 2 atom stereocenters. The summed E-state index contributed by atoms with van der Waals surface area (Å²) in [7, 11) is 0. The molecule has 2 aliphatic rings. The Labute approximate surface area is 247 Å². The average molecular weight is 581 g/mol. The summed E-state index contributed by atoms with van der Waals surface area (Å²) in [5.41, 5.74) is 0.639. The molecule has 1 heterocycles. The zero-order valence-electron chi connectivity index (χ0n) is 23.9. The van der Waals surface area contributed by atoms with Gasteiger partial charge >= 0.3 is 0 Å². The highest BCUT2D eigenvalue weighted by Crippen LogP contribution is 2.31.